The molecule has 0 atom stereocenters. The van der Waals surface area contributed by atoms with Crippen LogP contribution in [0.2, 0.25) is 0 Å². The minimum Gasteiger partial charge on any atom is -0.474 e. The van der Waals surface area contributed by atoms with Crippen LogP contribution in [0.5, 0.6) is 5.88 Å². The SMILES string of the molecule is COCCOc1nccc(-c2ccc(N3CCOCC3)cc2)c1C#N. The molecule has 0 saturated carbocycles. The zero-order valence-electron chi connectivity index (χ0n) is 14.3. The first-order valence-corrected chi connectivity index (χ1v) is 8.27. The van der Waals surface area contributed by atoms with Gasteiger partial charge in [0.1, 0.15) is 18.2 Å². The fraction of sp³-hybridized carbons (Fsp3) is 0.368. The van der Waals surface area contributed by atoms with E-state index in [0.717, 1.165) is 43.1 Å². The molecular formula is C19H21N3O3. The van der Waals surface area contributed by atoms with Gasteiger partial charge in [0, 0.05) is 37.6 Å². The molecule has 1 aliphatic heterocycles. The van der Waals surface area contributed by atoms with Crippen LogP contribution in [0.15, 0.2) is 36.5 Å². The maximum atomic E-state index is 9.55. The summed E-state index contributed by atoms with van der Waals surface area (Å²) in [4.78, 5) is 6.47. The number of benzene rings is 1. The lowest BCUT2D eigenvalue weighted by Crippen LogP contribution is -2.36. The van der Waals surface area contributed by atoms with Gasteiger partial charge in [-0.25, -0.2) is 4.98 Å². The van der Waals surface area contributed by atoms with Crippen LogP contribution in [0, 0.1) is 11.3 Å². The van der Waals surface area contributed by atoms with Gasteiger partial charge >= 0.3 is 0 Å². The Morgan fingerprint density at radius 1 is 1.16 bits per heavy atom. The third-order valence-electron chi connectivity index (χ3n) is 4.11. The van der Waals surface area contributed by atoms with E-state index in [1.165, 1.54) is 0 Å². The second kappa shape index (κ2) is 8.47. The van der Waals surface area contributed by atoms with E-state index < -0.39 is 0 Å². The van der Waals surface area contributed by atoms with E-state index in [9.17, 15) is 5.26 Å². The van der Waals surface area contributed by atoms with Gasteiger partial charge in [-0.15, -0.1) is 0 Å². The third-order valence-corrected chi connectivity index (χ3v) is 4.11. The molecule has 0 N–H and O–H groups in total. The molecule has 130 valence electrons. The first-order chi connectivity index (χ1) is 12.3. The maximum Gasteiger partial charge on any atom is 0.232 e. The van der Waals surface area contributed by atoms with E-state index in [2.05, 4.69) is 28.1 Å². The molecule has 0 bridgehead atoms. The Hall–Kier alpha value is -2.62. The molecular weight excluding hydrogens is 318 g/mol. The highest BCUT2D eigenvalue weighted by Crippen LogP contribution is 2.30. The number of methoxy groups -OCH3 is 1. The second-order valence-corrected chi connectivity index (χ2v) is 5.64. The summed E-state index contributed by atoms with van der Waals surface area (Å²) >= 11 is 0. The summed E-state index contributed by atoms with van der Waals surface area (Å²) in [6.45, 7) is 4.12. The highest BCUT2D eigenvalue weighted by atomic mass is 16.5. The second-order valence-electron chi connectivity index (χ2n) is 5.64. The number of hydrogen-bond acceptors (Lipinski definition) is 6. The number of rotatable bonds is 6. The largest absolute Gasteiger partial charge is 0.474 e. The minimum atomic E-state index is 0.342. The number of pyridine rings is 1. The van der Waals surface area contributed by atoms with Crippen molar-refractivity contribution >= 4 is 5.69 Å². The average Bonchev–Trinajstić information content (AvgIpc) is 2.69. The lowest BCUT2D eigenvalue weighted by Gasteiger charge is -2.29. The van der Waals surface area contributed by atoms with Gasteiger partial charge < -0.3 is 19.1 Å². The van der Waals surface area contributed by atoms with Crippen molar-refractivity contribution in [3.05, 3.63) is 42.1 Å². The molecule has 6 heteroatoms. The smallest absolute Gasteiger partial charge is 0.232 e. The van der Waals surface area contributed by atoms with E-state index in [4.69, 9.17) is 14.2 Å². The van der Waals surface area contributed by atoms with Crippen molar-refractivity contribution in [1.29, 1.82) is 5.26 Å². The zero-order valence-corrected chi connectivity index (χ0v) is 14.3. The van der Waals surface area contributed by atoms with Crippen LogP contribution in [0.3, 0.4) is 0 Å². The Bertz CT molecular complexity index is 735. The fourth-order valence-corrected chi connectivity index (χ4v) is 2.80. The van der Waals surface area contributed by atoms with Gasteiger partial charge in [-0.2, -0.15) is 5.26 Å². The van der Waals surface area contributed by atoms with Gasteiger partial charge in [-0.05, 0) is 23.8 Å². The normalized spacial score (nSPS) is 14.2. The Morgan fingerprint density at radius 2 is 1.92 bits per heavy atom. The van der Waals surface area contributed by atoms with Crippen LogP contribution < -0.4 is 9.64 Å². The first-order valence-electron chi connectivity index (χ1n) is 8.27. The highest BCUT2D eigenvalue weighted by molar-refractivity contribution is 5.73. The Labute approximate surface area is 147 Å². The molecule has 6 nitrogen and oxygen atoms in total. The summed E-state index contributed by atoms with van der Waals surface area (Å²) in [5.74, 6) is 0.342. The van der Waals surface area contributed by atoms with Crippen molar-refractivity contribution in [3.8, 4) is 23.1 Å². The topological polar surface area (TPSA) is 67.6 Å². The van der Waals surface area contributed by atoms with Gasteiger partial charge in [-0.3, -0.25) is 0 Å². The molecule has 0 aliphatic carbocycles. The summed E-state index contributed by atoms with van der Waals surface area (Å²) in [7, 11) is 1.61. The molecule has 2 aromatic rings. The van der Waals surface area contributed by atoms with E-state index in [1.54, 1.807) is 13.3 Å². The maximum absolute atomic E-state index is 9.55. The molecule has 1 saturated heterocycles. The van der Waals surface area contributed by atoms with Crippen molar-refractivity contribution in [2.75, 3.05) is 51.5 Å². The summed E-state index contributed by atoms with van der Waals surface area (Å²) in [6, 6.07) is 12.3. The molecule has 1 aromatic heterocycles. The van der Waals surface area contributed by atoms with Crippen LogP contribution in [-0.2, 0) is 9.47 Å². The van der Waals surface area contributed by atoms with Crippen molar-refractivity contribution in [1.82, 2.24) is 4.98 Å². The van der Waals surface area contributed by atoms with Crippen LogP contribution in [0.4, 0.5) is 5.69 Å². The number of anilines is 1. The predicted octanol–water partition coefficient (Wildman–Crippen LogP) is 2.48. The Balaban J connectivity index is 1.83. The van der Waals surface area contributed by atoms with Crippen molar-refractivity contribution in [2.45, 2.75) is 0 Å². The summed E-state index contributed by atoms with van der Waals surface area (Å²) < 4.78 is 15.9. The van der Waals surface area contributed by atoms with E-state index in [-0.39, 0.29) is 0 Å². The monoisotopic (exact) mass is 339 g/mol. The molecule has 0 amide bonds. The molecule has 3 rings (SSSR count). The molecule has 25 heavy (non-hydrogen) atoms. The number of aromatic nitrogens is 1. The van der Waals surface area contributed by atoms with Gasteiger partial charge in [-0.1, -0.05) is 12.1 Å². The molecule has 0 unspecified atom stereocenters. The lowest BCUT2D eigenvalue weighted by molar-refractivity contribution is 0.122. The number of ether oxygens (including phenoxy) is 3. The molecule has 1 aromatic carbocycles. The summed E-state index contributed by atoms with van der Waals surface area (Å²) in [6.07, 6.45) is 1.66. The molecule has 0 spiro atoms. The number of morpholine rings is 1. The van der Waals surface area contributed by atoms with Gasteiger partial charge in [0.15, 0.2) is 0 Å². The van der Waals surface area contributed by atoms with E-state index >= 15 is 0 Å². The number of hydrogen-bond donors (Lipinski definition) is 0. The van der Waals surface area contributed by atoms with Gasteiger partial charge in [0.05, 0.1) is 19.8 Å². The quantitative estimate of drug-likeness (QED) is 0.753. The van der Waals surface area contributed by atoms with Crippen molar-refractivity contribution < 1.29 is 14.2 Å². The van der Waals surface area contributed by atoms with Gasteiger partial charge in [0.25, 0.3) is 0 Å². The zero-order chi connectivity index (χ0) is 17.5. The Morgan fingerprint density at radius 3 is 2.60 bits per heavy atom. The fourth-order valence-electron chi connectivity index (χ4n) is 2.80. The summed E-state index contributed by atoms with van der Waals surface area (Å²) in [5.41, 5.74) is 3.39. The minimum absolute atomic E-state index is 0.342. The van der Waals surface area contributed by atoms with E-state index in [1.807, 2.05) is 18.2 Å². The van der Waals surface area contributed by atoms with Crippen molar-refractivity contribution in [2.24, 2.45) is 0 Å². The predicted molar refractivity (Wildman–Crippen MR) is 94.8 cm³/mol. The molecule has 0 radical (unpaired) electrons. The van der Waals surface area contributed by atoms with Crippen LogP contribution in [0.1, 0.15) is 5.56 Å². The summed E-state index contributed by atoms with van der Waals surface area (Å²) in [5, 5.41) is 9.55. The first kappa shape index (κ1) is 17.2. The number of nitriles is 1. The van der Waals surface area contributed by atoms with Crippen LogP contribution in [0.25, 0.3) is 11.1 Å². The Kier molecular flexibility index (Phi) is 5.83. The standard InChI is InChI=1S/C19H21N3O3/c1-23-12-13-25-19-18(14-20)17(6-7-21-19)15-2-4-16(5-3-15)22-8-10-24-11-9-22/h2-7H,8-13H2,1H3. The third kappa shape index (κ3) is 4.08. The average molecular weight is 339 g/mol. The number of nitrogens with zero attached hydrogens (tertiary/aromatic N) is 3. The molecule has 1 aliphatic rings. The lowest BCUT2D eigenvalue weighted by atomic mass is 10.0. The molecule has 2 heterocycles. The molecule has 1 fully saturated rings. The highest BCUT2D eigenvalue weighted by Gasteiger charge is 2.14. The van der Waals surface area contributed by atoms with Crippen molar-refractivity contribution in [3.63, 3.8) is 0 Å². The van der Waals surface area contributed by atoms with Crippen LogP contribution in [-0.4, -0.2) is 51.6 Å². The van der Waals surface area contributed by atoms with Gasteiger partial charge in [0.2, 0.25) is 5.88 Å². The van der Waals surface area contributed by atoms with E-state index in [0.29, 0.717) is 24.7 Å². The van der Waals surface area contributed by atoms with Crippen LogP contribution >= 0.6 is 0 Å².